The Morgan fingerprint density at radius 1 is 0.811 bits per heavy atom. The first-order valence-corrected chi connectivity index (χ1v) is 12.7. The average Bonchev–Trinajstić information content (AvgIpc) is 2.83. The standard InChI is InChI=1S/C23H32N4O9S/c1-37-10-9-16(25-20(32)14(24)12-19(30)31)22(34)26-15(7-8-18(28)29)21(33)27-17(23(35)36)11-13-5-3-2-4-6-13/h2-6,14-17H,7-12,24H2,1H3,(H,25,32)(H,26,34)(H,27,33)(H,28,29)(H,30,31)(H,35,36). The minimum atomic E-state index is -1.41. The zero-order valence-electron chi connectivity index (χ0n) is 20.2. The Hall–Kier alpha value is -3.65. The van der Waals surface area contributed by atoms with Crippen LogP contribution in [-0.2, 0) is 35.2 Å². The Labute approximate surface area is 217 Å². The van der Waals surface area contributed by atoms with E-state index in [-0.39, 0.29) is 19.3 Å². The summed E-state index contributed by atoms with van der Waals surface area (Å²) in [7, 11) is 0. The molecule has 0 fully saturated rings. The molecule has 0 saturated carbocycles. The van der Waals surface area contributed by atoms with Gasteiger partial charge in [0, 0.05) is 12.8 Å². The summed E-state index contributed by atoms with van der Waals surface area (Å²) in [6, 6.07) is 3.15. The third kappa shape index (κ3) is 12.2. The van der Waals surface area contributed by atoms with E-state index in [1.165, 1.54) is 11.8 Å². The number of carbonyl (C=O) groups is 6. The van der Waals surface area contributed by atoms with Gasteiger partial charge in [0.1, 0.15) is 18.1 Å². The molecule has 0 aliphatic heterocycles. The smallest absolute Gasteiger partial charge is 0.326 e. The van der Waals surface area contributed by atoms with Crippen molar-refractivity contribution in [3.63, 3.8) is 0 Å². The number of rotatable bonds is 17. The Morgan fingerprint density at radius 3 is 1.86 bits per heavy atom. The van der Waals surface area contributed by atoms with Crippen LogP contribution in [0.2, 0.25) is 0 Å². The van der Waals surface area contributed by atoms with Crippen molar-refractivity contribution in [1.82, 2.24) is 16.0 Å². The molecular formula is C23H32N4O9S. The fourth-order valence-electron chi connectivity index (χ4n) is 3.20. The molecule has 1 aromatic rings. The van der Waals surface area contributed by atoms with Crippen LogP contribution in [0, 0.1) is 0 Å². The molecule has 4 atom stereocenters. The van der Waals surface area contributed by atoms with Crippen LogP contribution in [0.1, 0.15) is 31.2 Å². The molecule has 0 saturated heterocycles. The van der Waals surface area contributed by atoms with Gasteiger partial charge in [0.15, 0.2) is 0 Å². The van der Waals surface area contributed by atoms with Gasteiger partial charge in [-0.15, -0.1) is 0 Å². The molecule has 0 aliphatic rings. The quantitative estimate of drug-likeness (QED) is 0.129. The normalized spacial score (nSPS) is 13.9. The maximum Gasteiger partial charge on any atom is 0.326 e. The number of nitrogens with one attached hydrogen (secondary N) is 3. The third-order valence-corrected chi connectivity index (χ3v) is 5.80. The van der Waals surface area contributed by atoms with Crippen LogP contribution in [0.3, 0.4) is 0 Å². The fourth-order valence-corrected chi connectivity index (χ4v) is 3.67. The molecule has 14 heteroatoms. The molecule has 13 nitrogen and oxygen atoms in total. The maximum absolute atomic E-state index is 13.0. The molecule has 0 bridgehead atoms. The molecule has 3 amide bonds. The molecule has 1 rings (SSSR count). The van der Waals surface area contributed by atoms with Gasteiger partial charge < -0.3 is 37.0 Å². The van der Waals surface area contributed by atoms with E-state index in [0.29, 0.717) is 11.3 Å². The van der Waals surface area contributed by atoms with Crippen molar-refractivity contribution in [2.24, 2.45) is 5.73 Å². The van der Waals surface area contributed by atoms with Gasteiger partial charge in [-0.25, -0.2) is 4.79 Å². The topological polar surface area (TPSA) is 225 Å². The van der Waals surface area contributed by atoms with Crippen molar-refractivity contribution in [2.75, 3.05) is 12.0 Å². The first-order valence-electron chi connectivity index (χ1n) is 11.3. The Bertz CT molecular complexity index is 961. The highest BCUT2D eigenvalue weighted by Gasteiger charge is 2.31. The van der Waals surface area contributed by atoms with Crippen molar-refractivity contribution in [1.29, 1.82) is 0 Å². The lowest BCUT2D eigenvalue weighted by atomic mass is 10.0. The summed E-state index contributed by atoms with van der Waals surface area (Å²) in [6.45, 7) is 0. The van der Waals surface area contributed by atoms with Crippen LogP contribution in [-0.4, -0.2) is 87.1 Å². The van der Waals surface area contributed by atoms with E-state index in [1.54, 1.807) is 36.6 Å². The van der Waals surface area contributed by atoms with E-state index in [1.807, 2.05) is 0 Å². The van der Waals surface area contributed by atoms with Crippen molar-refractivity contribution >= 4 is 47.4 Å². The van der Waals surface area contributed by atoms with E-state index in [4.69, 9.17) is 15.9 Å². The number of nitrogens with two attached hydrogens (primary N) is 1. The molecule has 0 aromatic heterocycles. The molecule has 4 unspecified atom stereocenters. The molecular weight excluding hydrogens is 508 g/mol. The highest BCUT2D eigenvalue weighted by Crippen LogP contribution is 2.08. The van der Waals surface area contributed by atoms with Crippen LogP contribution in [0.15, 0.2) is 30.3 Å². The predicted octanol–water partition coefficient (Wildman–Crippen LogP) is -0.812. The largest absolute Gasteiger partial charge is 0.481 e. The second-order valence-corrected chi connectivity index (χ2v) is 9.12. The van der Waals surface area contributed by atoms with Gasteiger partial charge in [0.05, 0.1) is 12.5 Å². The minimum absolute atomic E-state index is 0.0462. The van der Waals surface area contributed by atoms with Crippen molar-refractivity contribution < 1.29 is 44.1 Å². The Balaban J connectivity index is 3.02. The minimum Gasteiger partial charge on any atom is -0.481 e. The van der Waals surface area contributed by atoms with Gasteiger partial charge in [-0.3, -0.25) is 24.0 Å². The first-order chi connectivity index (χ1) is 17.4. The Morgan fingerprint density at radius 2 is 1.35 bits per heavy atom. The zero-order chi connectivity index (χ0) is 28.0. The molecule has 0 aliphatic carbocycles. The summed E-state index contributed by atoms with van der Waals surface area (Å²) in [5.41, 5.74) is 6.20. The molecule has 0 radical (unpaired) electrons. The molecule has 1 aromatic carbocycles. The van der Waals surface area contributed by atoms with Crippen molar-refractivity contribution in [3.8, 4) is 0 Å². The molecule has 0 heterocycles. The van der Waals surface area contributed by atoms with Crippen LogP contribution < -0.4 is 21.7 Å². The number of benzene rings is 1. The van der Waals surface area contributed by atoms with Gasteiger partial charge in [0.2, 0.25) is 17.7 Å². The monoisotopic (exact) mass is 540 g/mol. The number of carboxylic acid groups (broad SMARTS) is 3. The maximum atomic E-state index is 13.0. The van der Waals surface area contributed by atoms with Gasteiger partial charge in [-0.2, -0.15) is 11.8 Å². The van der Waals surface area contributed by atoms with Gasteiger partial charge in [0.25, 0.3) is 0 Å². The number of hydrogen-bond acceptors (Lipinski definition) is 8. The number of aliphatic carboxylic acids is 3. The van der Waals surface area contributed by atoms with E-state index in [2.05, 4.69) is 16.0 Å². The van der Waals surface area contributed by atoms with Crippen LogP contribution in [0.25, 0.3) is 0 Å². The second kappa shape index (κ2) is 16.2. The molecule has 37 heavy (non-hydrogen) atoms. The molecule has 204 valence electrons. The van der Waals surface area contributed by atoms with Crippen molar-refractivity contribution in [2.45, 2.75) is 56.3 Å². The lowest BCUT2D eigenvalue weighted by molar-refractivity contribution is -0.143. The second-order valence-electron chi connectivity index (χ2n) is 8.13. The zero-order valence-corrected chi connectivity index (χ0v) is 21.0. The fraction of sp³-hybridized carbons (Fsp3) is 0.478. The summed E-state index contributed by atoms with van der Waals surface area (Å²) < 4.78 is 0. The van der Waals surface area contributed by atoms with E-state index < -0.39 is 72.6 Å². The molecule has 0 spiro atoms. The van der Waals surface area contributed by atoms with Crippen molar-refractivity contribution in [3.05, 3.63) is 35.9 Å². The lowest BCUT2D eigenvalue weighted by Crippen LogP contribution is -2.57. The lowest BCUT2D eigenvalue weighted by Gasteiger charge is -2.25. The number of carboxylic acids is 3. The number of carbonyl (C=O) groups excluding carboxylic acids is 3. The number of hydrogen-bond donors (Lipinski definition) is 7. The van der Waals surface area contributed by atoms with E-state index in [0.717, 1.165) is 0 Å². The highest BCUT2D eigenvalue weighted by atomic mass is 32.2. The van der Waals surface area contributed by atoms with Crippen LogP contribution in [0.5, 0.6) is 0 Å². The van der Waals surface area contributed by atoms with E-state index in [9.17, 15) is 33.9 Å². The van der Waals surface area contributed by atoms with E-state index >= 15 is 0 Å². The van der Waals surface area contributed by atoms with Gasteiger partial charge in [-0.1, -0.05) is 30.3 Å². The van der Waals surface area contributed by atoms with Crippen LogP contribution >= 0.6 is 11.8 Å². The number of amides is 3. The predicted molar refractivity (Wildman–Crippen MR) is 134 cm³/mol. The van der Waals surface area contributed by atoms with Crippen LogP contribution in [0.4, 0.5) is 0 Å². The summed E-state index contributed by atoms with van der Waals surface area (Å²) >= 11 is 1.37. The molecule has 8 N–H and O–H groups in total. The number of thioether (sulfide) groups is 1. The first kappa shape index (κ1) is 31.4. The van der Waals surface area contributed by atoms with Gasteiger partial charge >= 0.3 is 17.9 Å². The third-order valence-electron chi connectivity index (χ3n) is 5.15. The van der Waals surface area contributed by atoms with Gasteiger partial charge in [-0.05, 0) is 30.4 Å². The summed E-state index contributed by atoms with van der Waals surface area (Å²) in [4.78, 5) is 71.8. The average molecular weight is 541 g/mol. The summed E-state index contributed by atoms with van der Waals surface area (Å²) in [5.74, 6) is -6.07. The summed E-state index contributed by atoms with van der Waals surface area (Å²) in [5, 5.41) is 34.5. The summed E-state index contributed by atoms with van der Waals surface area (Å²) in [6.07, 6.45) is 0.318. The Kier molecular flexibility index (Phi) is 13.7. The SMILES string of the molecule is CSCCC(NC(=O)C(N)CC(=O)O)C(=O)NC(CCC(=O)O)C(=O)NC(Cc1ccccc1)C(=O)O. The highest BCUT2D eigenvalue weighted by molar-refractivity contribution is 7.98.